The minimum atomic E-state index is -1.27. The Morgan fingerprint density at radius 2 is 2.14 bits per heavy atom. The molecule has 1 aliphatic heterocycles. The van der Waals surface area contributed by atoms with Crippen LogP contribution in [0.2, 0.25) is 0 Å². The SMILES string of the molecule is Nc1cc2nc(C(=O)NCc3ccc4c(c3)NC(=O)CO4)cc(C(=O)O)n2n1. The van der Waals surface area contributed by atoms with E-state index < -0.39 is 11.9 Å². The second-order valence-corrected chi connectivity index (χ2v) is 6.02. The third-order valence-electron chi connectivity index (χ3n) is 4.03. The molecule has 2 aromatic heterocycles. The minimum absolute atomic E-state index is 0.0394. The molecule has 0 saturated heterocycles. The largest absolute Gasteiger partial charge is 0.482 e. The van der Waals surface area contributed by atoms with Crippen molar-refractivity contribution in [2.45, 2.75) is 6.54 Å². The second-order valence-electron chi connectivity index (χ2n) is 6.02. The summed E-state index contributed by atoms with van der Waals surface area (Å²) in [4.78, 5) is 39.4. The summed E-state index contributed by atoms with van der Waals surface area (Å²) in [7, 11) is 0. The van der Waals surface area contributed by atoms with Gasteiger partial charge in [-0.1, -0.05) is 6.07 Å². The van der Waals surface area contributed by atoms with Gasteiger partial charge in [0.25, 0.3) is 11.8 Å². The zero-order valence-corrected chi connectivity index (χ0v) is 14.3. The molecule has 5 N–H and O–H groups in total. The smallest absolute Gasteiger partial charge is 0.354 e. The standard InChI is InChI=1S/C17H14N6O5/c18-13-5-14-20-10(4-11(17(26)27)23(14)22-13)16(25)19-6-8-1-2-12-9(3-8)21-15(24)7-28-12/h1-5H,6-7H2,(H2,18,22)(H,19,25)(H,21,24)(H,26,27). The number of carboxylic acids is 1. The van der Waals surface area contributed by atoms with E-state index in [0.717, 1.165) is 10.6 Å². The predicted octanol–water partition coefficient (Wildman–Crippen LogP) is 0.271. The van der Waals surface area contributed by atoms with Gasteiger partial charge in [0, 0.05) is 18.7 Å². The summed E-state index contributed by atoms with van der Waals surface area (Å²) >= 11 is 0. The predicted molar refractivity (Wildman–Crippen MR) is 96.1 cm³/mol. The number of carboxylic acid groups (broad SMARTS) is 1. The van der Waals surface area contributed by atoms with Gasteiger partial charge in [-0.2, -0.15) is 0 Å². The highest BCUT2D eigenvalue weighted by Crippen LogP contribution is 2.28. The Hall–Kier alpha value is -4.15. The molecular weight excluding hydrogens is 368 g/mol. The highest BCUT2D eigenvalue weighted by Gasteiger charge is 2.19. The van der Waals surface area contributed by atoms with E-state index in [-0.39, 0.29) is 41.9 Å². The highest BCUT2D eigenvalue weighted by atomic mass is 16.5. The number of nitrogen functional groups attached to an aromatic ring is 1. The van der Waals surface area contributed by atoms with E-state index >= 15 is 0 Å². The van der Waals surface area contributed by atoms with Crippen LogP contribution in [0.4, 0.5) is 11.5 Å². The van der Waals surface area contributed by atoms with Crippen LogP contribution in [0.15, 0.2) is 30.3 Å². The summed E-state index contributed by atoms with van der Waals surface area (Å²) in [5, 5.41) is 18.5. The summed E-state index contributed by atoms with van der Waals surface area (Å²) in [6.07, 6.45) is 0. The van der Waals surface area contributed by atoms with Crippen molar-refractivity contribution in [2.75, 3.05) is 17.7 Å². The molecule has 2 amide bonds. The molecule has 0 spiro atoms. The number of rotatable bonds is 4. The second kappa shape index (κ2) is 6.54. The molecule has 11 nitrogen and oxygen atoms in total. The van der Waals surface area contributed by atoms with Gasteiger partial charge in [-0.15, -0.1) is 5.10 Å². The lowest BCUT2D eigenvalue weighted by Crippen LogP contribution is -2.27. The van der Waals surface area contributed by atoms with Gasteiger partial charge >= 0.3 is 5.97 Å². The molecule has 0 bridgehead atoms. The first-order valence-corrected chi connectivity index (χ1v) is 8.14. The van der Waals surface area contributed by atoms with Gasteiger partial charge in [0.05, 0.1) is 5.69 Å². The highest BCUT2D eigenvalue weighted by molar-refractivity contribution is 5.96. The Morgan fingerprint density at radius 3 is 2.93 bits per heavy atom. The first kappa shape index (κ1) is 17.3. The number of anilines is 2. The van der Waals surface area contributed by atoms with Crippen LogP contribution in [0.25, 0.3) is 5.65 Å². The van der Waals surface area contributed by atoms with Crippen molar-refractivity contribution < 1.29 is 24.2 Å². The van der Waals surface area contributed by atoms with Crippen LogP contribution >= 0.6 is 0 Å². The summed E-state index contributed by atoms with van der Waals surface area (Å²) in [5.74, 6) is -1.46. The van der Waals surface area contributed by atoms with Crippen molar-refractivity contribution in [1.29, 1.82) is 0 Å². The van der Waals surface area contributed by atoms with Gasteiger partial charge in [0.1, 0.15) is 17.3 Å². The number of benzene rings is 1. The molecular formula is C17H14N6O5. The Morgan fingerprint density at radius 1 is 1.32 bits per heavy atom. The van der Waals surface area contributed by atoms with E-state index in [1.54, 1.807) is 18.2 Å². The van der Waals surface area contributed by atoms with Gasteiger partial charge in [-0.3, -0.25) is 9.59 Å². The molecule has 3 heterocycles. The molecule has 1 aliphatic rings. The molecule has 4 rings (SSSR count). The van der Waals surface area contributed by atoms with Crippen LogP contribution in [0.1, 0.15) is 26.5 Å². The summed E-state index contributed by atoms with van der Waals surface area (Å²) in [5.41, 5.74) is 6.64. The fourth-order valence-corrected chi connectivity index (χ4v) is 2.77. The maximum Gasteiger partial charge on any atom is 0.354 e. The fourth-order valence-electron chi connectivity index (χ4n) is 2.77. The third kappa shape index (κ3) is 3.16. The van der Waals surface area contributed by atoms with E-state index in [0.29, 0.717) is 17.0 Å². The van der Waals surface area contributed by atoms with Gasteiger partial charge < -0.3 is 26.2 Å². The lowest BCUT2D eigenvalue weighted by molar-refractivity contribution is -0.118. The molecule has 28 heavy (non-hydrogen) atoms. The molecule has 142 valence electrons. The van der Waals surface area contributed by atoms with Crippen molar-refractivity contribution in [1.82, 2.24) is 19.9 Å². The Bertz CT molecular complexity index is 1140. The van der Waals surface area contributed by atoms with Gasteiger partial charge in [-0.05, 0) is 17.7 Å². The van der Waals surface area contributed by atoms with Crippen LogP contribution in [-0.2, 0) is 11.3 Å². The average Bonchev–Trinajstić information content (AvgIpc) is 3.04. The van der Waals surface area contributed by atoms with Gasteiger partial charge in [0.2, 0.25) is 0 Å². The number of fused-ring (bicyclic) bond motifs is 2. The number of hydrogen-bond acceptors (Lipinski definition) is 7. The van der Waals surface area contributed by atoms with Gasteiger partial charge in [-0.25, -0.2) is 14.3 Å². The van der Waals surface area contributed by atoms with E-state index in [4.69, 9.17) is 10.5 Å². The number of amides is 2. The Kier molecular flexibility index (Phi) is 4.03. The number of aromatic carboxylic acids is 1. The van der Waals surface area contributed by atoms with Crippen LogP contribution in [0.5, 0.6) is 5.75 Å². The number of carbonyl (C=O) groups excluding carboxylic acids is 2. The molecule has 3 aromatic rings. The van der Waals surface area contributed by atoms with Gasteiger partial charge in [0.15, 0.2) is 17.9 Å². The van der Waals surface area contributed by atoms with E-state index in [1.165, 1.54) is 6.07 Å². The zero-order chi connectivity index (χ0) is 19.8. The van der Waals surface area contributed by atoms with Crippen molar-refractivity contribution >= 4 is 34.9 Å². The van der Waals surface area contributed by atoms with E-state index in [2.05, 4.69) is 20.7 Å². The quantitative estimate of drug-likeness (QED) is 0.500. The lowest BCUT2D eigenvalue weighted by atomic mass is 10.1. The Labute approximate surface area is 157 Å². The topological polar surface area (TPSA) is 161 Å². The maximum absolute atomic E-state index is 12.5. The number of nitrogens with zero attached hydrogens (tertiary/aromatic N) is 3. The maximum atomic E-state index is 12.5. The van der Waals surface area contributed by atoms with Crippen LogP contribution in [0, 0.1) is 0 Å². The summed E-state index contributed by atoms with van der Waals surface area (Å²) in [6.45, 7) is 0.0981. The molecule has 0 saturated carbocycles. The number of hydrogen-bond donors (Lipinski definition) is 4. The van der Waals surface area contributed by atoms with Crippen LogP contribution in [-0.4, -0.2) is 44.1 Å². The summed E-state index contributed by atoms with van der Waals surface area (Å²) in [6, 6.07) is 7.61. The molecule has 0 atom stereocenters. The van der Waals surface area contributed by atoms with Crippen LogP contribution < -0.4 is 21.1 Å². The van der Waals surface area contributed by atoms with Crippen molar-refractivity contribution in [2.24, 2.45) is 0 Å². The molecule has 0 aliphatic carbocycles. The molecule has 1 aromatic carbocycles. The Balaban J connectivity index is 1.55. The number of carbonyl (C=O) groups is 3. The average molecular weight is 382 g/mol. The van der Waals surface area contributed by atoms with Crippen molar-refractivity contribution in [3.63, 3.8) is 0 Å². The molecule has 0 unspecified atom stereocenters. The van der Waals surface area contributed by atoms with E-state index in [1.807, 2.05) is 0 Å². The zero-order valence-electron chi connectivity index (χ0n) is 14.3. The molecule has 0 fully saturated rings. The minimum Gasteiger partial charge on any atom is -0.482 e. The normalized spacial score (nSPS) is 12.8. The first-order chi connectivity index (χ1) is 13.4. The number of ether oxygens (including phenoxy) is 1. The molecule has 11 heteroatoms. The number of nitrogens with one attached hydrogen (secondary N) is 2. The van der Waals surface area contributed by atoms with Crippen molar-refractivity contribution in [3.8, 4) is 5.75 Å². The van der Waals surface area contributed by atoms with E-state index in [9.17, 15) is 19.5 Å². The number of nitrogens with two attached hydrogens (primary N) is 1. The third-order valence-corrected chi connectivity index (χ3v) is 4.03. The molecule has 0 radical (unpaired) electrons. The lowest BCUT2D eigenvalue weighted by Gasteiger charge is -2.18. The van der Waals surface area contributed by atoms with Crippen molar-refractivity contribution in [3.05, 3.63) is 47.3 Å². The number of aromatic nitrogens is 3. The summed E-state index contributed by atoms with van der Waals surface area (Å²) < 4.78 is 6.34. The first-order valence-electron chi connectivity index (χ1n) is 8.14. The fraction of sp³-hybridized carbons (Fsp3) is 0.118. The monoisotopic (exact) mass is 382 g/mol. The van der Waals surface area contributed by atoms with Crippen LogP contribution in [0.3, 0.4) is 0 Å².